The summed E-state index contributed by atoms with van der Waals surface area (Å²) in [4.78, 5) is 25.2. The van der Waals surface area contributed by atoms with Gasteiger partial charge in [0.05, 0.1) is 16.8 Å². The third-order valence-corrected chi connectivity index (χ3v) is 5.67. The van der Waals surface area contributed by atoms with E-state index in [1.165, 1.54) is 6.21 Å². The number of ether oxygens (including phenoxy) is 1. The molecule has 1 unspecified atom stereocenters. The predicted octanol–water partition coefficient (Wildman–Crippen LogP) is 5.48. The molecule has 2 N–H and O–H groups in total. The summed E-state index contributed by atoms with van der Waals surface area (Å²) < 4.78 is 5.76. The van der Waals surface area contributed by atoms with E-state index in [9.17, 15) is 9.59 Å². The number of hydrazone groups is 1. The van der Waals surface area contributed by atoms with Gasteiger partial charge in [-0.15, -0.1) is 0 Å². The highest BCUT2D eigenvalue weighted by Gasteiger charge is 2.25. The molecule has 3 rings (SSSR count). The Kier molecular flexibility index (Phi) is 9.08. The van der Waals surface area contributed by atoms with Crippen molar-refractivity contribution in [2.45, 2.75) is 26.5 Å². The minimum Gasteiger partial charge on any atom is -0.489 e. The fraction of sp³-hybridized carbons (Fsp3) is 0.192. The fourth-order valence-electron chi connectivity index (χ4n) is 3.07. The van der Waals surface area contributed by atoms with Crippen LogP contribution in [0.2, 0.25) is 10.0 Å². The first-order valence-corrected chi connectivity index (χ1v) is 11.5. The molecule has 0 saturated heterocycles. The third-order valence-electron chi connectivity index (χ3n) is 4.97. The van der Waals surface area contributed by atoms with Crippen molar-refractivity contribution in [1.29, 1.82) is 0 Å². The number of carbonyl (C=O) groups is 2. The van der Waals surface area contributed by atoms with E-state index in [0.717, 1.165) is 11.1 Å². The molecular formula is C26H25Cl2N3O3. The molecule has 0 heterocycles. The molecule has 176 valence electrons. The lowest BCUT2D eigenvalue weighted by Crippen LogP contribution is -2.48. The molecule has 0 fully saturated rings. The number of rotatable bonds is 9. The van der Waals surface area contributed by atoms with Crippen LogP contribution in [0.1, 0.15) is 35.3 Å². The molecule has 1 atom stereocenters. The smallest absolute Gasteiger partial charge is 0.262 e. The fourth-order valence-corrected chi connectivity index (χ4v) is 3.48. The van der Waals surface area contributed by atoms with Gasteiger partial charge in [0.15, 0.2) is 0 Å². The minimum absolute atomic E-state index is 0.156. The summed E-state index contributed by atoms with van der Waals surface area (Å²) in [6.45, 7) is 4.03. The molecule has 0 aliphatic heterocycles. The van der Waals surface area contributed by atoms with E-state index in [-0.39, 0.29) is 5.92 Å². The number of hydrogen-bond donors (Lipinski definition) is 2. The maximum atomic E-state index is 12.6. The van der Waals surface area contributed by atoms with Crippen molar-refractivity contribution in [3.05, 3.63) is 99.5 Å². The van der Waals surface area contributed by atoms with Crippen LogP contribution in [0.25, 0.3) is 0 Å². The number of hydrogen-bond acceptors (Lipinski definition) is 4. The Labute approximate surface area is 208 Å². The maximum absolute atomic E-state index is 12.6. The third kappa shape index (κ3) is 7.07. The summed E-state index contributed by atoms with van der Waals surface area (Å²) in [5.74, 6) is -0.318. The summed E-state index contributed by atoms with van der Waals surface area (Å²) >= 11 is 12.2. The van der Waals surface area contributed by atoms with Crippen LogP contribution in [0, 0.1) is 5.92 Å². The number of nitrogens with one attached hydrogen (secondary N) is 2. The largest absolute Gasteiger partial charge is 0.489 e. The Hall–Kier alpha value is -3.35. The summed E-state index contributed by atoms with van der Waals surface area (Å²) in [6.07, 6.45) is 1.52. The molecule has 6 nitrogen and oxygen atoms in total. The van der Waals surface area contributed by atoms with Gasteiger partial charge in [0.1, 0.15) is 18.4 Å². The molecule has 3 aromatic carbocycles. The van der Waals surface area contributed by atoms with E-state index < -0.39 is 17.9 Å². The molecule has 34 heavy (non-hydrogen) atoms. The van der Waals surface area contributed by atoms with Crippen LogP contribution in [-0.4, -0.2) is 24.1 Å². The molecule has 0 radical (unpaired) electrons. The van der Waals surface area contributed by atoms with Crippen LogP contribution in [0.15, 0.2) is 77.9 Å². The van der Waals surface area contributed by atoms with Gasteiger partial charge < -0.3 is 10.1 Å². The second-order valence-electron chi connectivity index (χ2n) is 7.86. The van der Waals surface area contributed by atoms with Crippen molar-refractivity contribution in [2.24, 2.45) is 11.0 Å². The number of benzene rings is 3. The van der Waals surface area contributed by atoms with Gasteiger partial charge in [-0.2, -0.15) is 5.10 Å². The topological polar surface area (TPSA) is 79.8 Å². The first kappa shape index (κ1) is 25.3. The molecule has 8 heteroatoms. The van der Waals surface area contributed by atoms with Crippen LogP contribution in [-0.2, 0) is 11.4 Å². The average Bonchev–Trinajstić information content (AvgIpc) is 2.82. The van der Waals surface area contributed by atoms with Crippen molar-refractivity contribution in [1.82, 2.24) is 10.7 Å². The lowest BCUT2D eigenvalue weighted by atomic mass is 10.0. The first-order valence-electron chi connectivity index (χ1n) is 10.7. The maximum Gasteiger partial charge on any atom is 0.262 e. The van der Waals surface area contributed by atoms with Gasteiger partial charge in [0, 0.05) is 10.6 Å². The summed E-state index contributed by atoms with van der Waals surface area (Å²) in [5, 5.41) is 7.72. The van der Waals surface area contributed by atoms with E-state index in [1.54, 1.807) is 36.4 Å². The number of amides is 2. The Morgan fingerprint density at radius 1 is 0.941 bits per heavy atom. The molecule has 2 amide bonds. The number of halogens is 2. The second-order valence-corrected chi connectivity index (χ2v) is 8.67. The highest BCUT2D eigenvalue weighted by Crippen LogP contribution is 2.19. The zero-order valence-corrected chi connectivity index (χ0v) is 20.3. The van der Waals surface area contributed by atoms with Crippen molar-refractivity contribution >= 4 is 41.2 Å². The van der Waals surface area contributed by atoms with Gasteiger partial charge >= 0.3 is 0 Å². The van der Waals surface area contributed by atoms with Gasteiger partial charge in [-0.3, -0.25) is 9.59 Å². The molecule has 0 aliphatic rings. The summed E-state index contributed by atoms with van der Waals surface area (Å²) in [6, 6.07) is 20.6. The van der Waals surface area contributed by atoms with Gasteiger partial charge in [-0.1, -0.05) is 67.4 Å². The normalized spacial score (nSPS) is 11.9. The van der Waals surface area contributed by atoms with Gasteiger partial charge in [0.25, 0.3) is 11.8 Å². The number of carbonyl (C=O) groups excluding carboxylic acids is 2. The summed E-state index contributed by atoms with van der Waals surface area (Å²) in [5.41, 5.74) is 4.47. The highest BCUT2D eigenvalue weighted by atomic mass is 35.5. The minimum atomic E-state index is -0.776. The Morgan fingerprint density at radius 2 is 1.59 bits per heavy atom. The van der Waals surface area contributed by atoms with E-state index in [2.05, 4.69) is 15.8 Å². The van der Waals surface area contributed by atoms with Gasteiger partial charge in [0.2, 0.25) is 0 Å². The van der Waals surface area contributed by atoms with E-state index in [1.807, 2.05) is 50.2 Å². The Bertz CT molecular complexity index is 1160. The van der Waals surface area contributed by atoms with Crippen molar-refractivity contribution in [3.63, 3.8) is 0 Å². The SMILES string of the molecule is CC(C)C(NC(=O)c1ccccc1Cl)C(=O)NN=Cc1ccc(OCc2ccccc2Cl)cc1. The van der Waals surface area contributed by atoms with Gasteiger partial charge in [-0.05, 0) is 53.9 Å². The average molecular weight is 498 g/mol. The first-order chi connectivity index (χ1) is 16.3. The Morgan fingerprint density at radius 3 is 2.24 bits per heavy atom. The molecule has 0 spiro atoms. The molecule has 3 aromatic rings. The molecule has 0 aliphatic carbocycles. The zero-order valence-electron chi connectivity index (χ0n) is 18.8. The number of nitrogens with zero attached hydrogens (tertiary/aromatic N) is 1. The molecule has 0 saturated carbocycles. The standard InChI is InChI=1S/C26H25Cl2N3O3/c1-17(2)24(30-25(32)21-8-4-6-10-23(21)28)26(33)31-29-15-18-11-13-20(14-12-18)34-16-19-7-3-5-9-22(19)27/h3-15,17,24H,16H2,1-2H3,(H,30,32)(H,31,33). The lowest BCUT2D eigenvalue weighted by molar-refractivity contribution is -0.123. The van der Waals surface area contributed by atoms with Gasteiger partial charge in [-0.25, -0.2) is 5.43 Å². The highest BCUT2D eigenvalue weighted by molar-refractivity contribution is 6.33. The van der Waals surface area contributed by atoms with E-state index in [0.29, 0.717) is 28.0 Å². The van der Waals surface area contributed by atoms with Crippen LogP contribution < -0.4 is 15.5 Å². The lowest BCUT2D eigenvalue weighted by Gasteiger charge is -2.20. The van der Waals surface area contributed by atoms with Crippen LogP contribution in [0.3, 0.4) is 0 Å². The Balaban J connectivity index is 1.54. The summed E-state index contributed by atoms with van der Waals surface area (Å²) in [7, 11) is 0. The molecule has 0 bridgehead atoms. The second kappa shape index (κ2) is 12.2. The quantitative estimate of drug-likeness (QED) is 0.303. The van der Waals surface area contributed by atoms with E-state index in [4.69, 9.17) is 27.9 Å². The molecule has 0 aromatic heterocycles. The van der Waals surface area contributed by atoms with Crippen molar-refractivity contribution in [3.8, 4) is 5.75 Å². The predicted molar refractivity (Wildman–Crippen MR) is 136 cm³/mol. The monoisotopic (exact) mass is 497 g/mol. The van der Waals surface area contributed by atoms with Crippen molar-refractivity contribution in [2.75, 3.05) is 0 Å². The van der Waals surface area contributed by atoms with Crippen LogP contribution in [0.5, 0.6) is 5.75 Å². The zero-order chi connectivity index (χ0) is 24.5. The van der Waals surface area contributed by atoms with Crippen LogP contribution >= 0.6 is 23.2 Å². The van der Waals surface area contributed by atoms with E-state index >= 15 is 0 Å². The molecular weight excluding hydrogens is 473 g/mol. The van der Waals surface area contributed by atoms with Crippen LogP contribution in [0.4, 0.5) is 0 Å². The van der Waals surface area contributed by atoms with Crippen molar-refractivity contribution < 1.29 is 14.3 Å².